The van der Waals surface area contributed by atoms with Gasteiger partial charge in [-0.05, 0) is 26.0 Å². The number of nitrogens with zero attached hydrogens (tertiary/aromatic N) is 1. The number of aliphatic hydroxyl groups is 1. The highest BCUT2D eigenvalue weighted by molar-refractivity contribution is 5.76. The van der Waals surface area contributed by atoms with Crippen LogP contribution in [0.5, 0.6) is 0 Å². The van der Waals surface area contributed by atoms with Gasteiger partial charge in [-0.2, -0.15) is 0 Å². The summed E-state index contributed by atoms with van der Waals surface area (Å²) >= 11 is 0. The zero-order valence-corrected chi connectivity index (χ0v) is 12.7. The van der Waals surface area contributed by atoms with Crippen molar-refractivity contribution in [1.82, 2.24) is 10.2 Å². The minimum Gasteiger partial charge on any atom is -0.466 e. The Balaban J connectivity index is 1.76. The Morgan fingerprint density at radius 1 is 1.52 bits per heavy atom. The summed E-state index contributed by atoms with van der Waals surface area (Å²) < 4.78 is 10.5. The third-order valence-corrected chi connectivity index (χ3v) is 3.69. The fraction of sp³-hybridized carbons (Fsp3) is 0.667. The number of amides is 1. The molecule has 1 aliphatic heterocycles. The third kappa shape index (κ3) is 4.56. The van der Waals surface area contributed by atoms with E-state index in [4.69, 9.17) is 9.15 Å². The number of furan rings is 1. The lowest BCUT2D eigenvalue weighted by atomic mass is 10.0. The zero-order chi connectivity index (χ0) is 15.3. The zero-order valence-electron chi connectivity index (χ0n) is 12.7. The number of ether oxygens (including phenoxy) is 1. The summed E-state index contributed by atoms with van der Waals surface area (Å²) in [5, 5.41) is 13.5. The van der Waals surface area contributed by atoms with Crippen molar-refractivity contribution in [2.75, 3.05) is 32.8 Å². The molecule has 0 aliphatic carbocycles. The lowest BCUT2D eigenvalue weighted by Gasteiger charge is -2.29. The monoisotopic (exact) mass is 296 g/mol. The summed E-state index contributed by atoms with van der Waals surface area (Å²) in [5.74, 6) is 0.637. The Morgan fingerprint density at radius 2 is 2.24 bits per heavy atom. The van der Waals surface area contributed by atoms with Crippen LogP contribution in [0.1, 0.15) is 26.0 Å². The first-order valence-electron chi connectivity index (χ1n) is 7.34. The summed E-state index contributed by atoms with van der Waals surface area (Å²) in [5.41, 5.74) is -1.08. The van der Waals surface area contributed by atoms with Gasteiger partial charge in [0.2, 0.25) is 5.91 Å². The molecule has 2 unspecified atom stereocenters. The van der Waals surface area contributed by atoms with Crippen LogP contribution < -0.4 is 5.32 Å². The number of carbonyl (C=O) groups is 1. The second kappa shape index (κ2) is 7.06. The molecular formula is C15H24N2O4. The average molecular weight is 296 g/mol. The Labute approximate surface area is 125 Å². The van der Waals surface area contributed by atoms with Crippen LogP contribution in [0.25, 0.3) is 0 Å². The van der Waals surface area contributed by atoms with Crippen molar-refractivity contribution in [2.45, 2.75) is 31.9 Å². The highest BCUT2D eigenvalue weighted by Gasteiger charge is 2.27. The number of hydrogen-bond donors (Lipinski definition) is 2. The molecule has 2 rings (SSSR count). The van der Waals surface area contributed by atoms with E-state index in [2.05, 4.69) is 5.32 Å². The maximum atomic E-state index is 12.1. The maximum absolute atomic E-state index is 12.1. The molecule has 0 bridgehead atoms. The van der Waals surface area contributed by atoms with Crippen molar-refractivity contribution in [3.8, 4) is 0 Å². The predicted molar refractivity (Wildman–Crippen MR) is 77.8 cm³/mol. The van der Waals surface area contributed by atoms with Crippen LogP contribution in [0.3, 0.4) is 0 Å². The molecule has 6 heteroatoms. The predicted octanol–water partition coefficient (Wildman–Crippen LogP) is 0.714. The Morgan fingerprint density at radius 3 is 2.86 bits per heavy atom. The van der Waals surface area contributed by atoms with Gasteiger partial charge in [-0.15, -0.1) is 0 Å². The first kappa shape index (κ1) is 16.0. The van der Waals surface area contributed by atoms with Crippen molar-refractivity contribution >= 4 is 5.91 Å². The molecular weight excluding hydrogens is 272 g/mol. The molecule has 2 heterocycles. The van der Waals surface area contributed by atoms with E-state index in [9.17, 15) is 9.90 Å². The highest BCUT2D eigenvalue weighted by atomic mass is 16.5. The van der Waals surface area contributed by atoms with Gasteiger partial charge >= 0.3 is 0 Å². The molecule has 0 aromatic carbocycles. The van der Waals surface area contributed by atoms with E-state index in [1.54, 1.807) is 19.1 Å². The first-order chi connectivity index (χ1) is 9.99. The first-order valence-corrected chi connectivity index (χ1v) is 7.34. The molecule has 1 fully saturated rings. The van der Waals surface area contributed by atoms with Crippen molar-refractivity contribution in [1.29, 1.82) is 0 Å². The van der Waals surface area contributed by atoms with Crippen LogP contribution in [-0.4, -0.2) is 54.8 Å². The number of hydrogen-bond acceptors (Lipinski definition) is 5. The summed E-state index contributed by atoms with van der Waals surface area (Å²) in [6, 6.07) is 3.47. The minimum atomic E-state index is -1.08. The Bertz CT molecular complexity index is 439. The van der Waals surface area contributed by atoms with Crippen LogP contribution in [0.2, 0.25) is 0 Å². The standard InChI is InChI=1S/C15H24N2O4/c1-12(10-14(18)17-5-8-20-9-6-17)16-11-15(2,19)13-4-3-7-21-13/h3-4,7,12,16,19H,5-6,8-11H2,1-2H3. The van der Waals surface area contributed by atoms with E-state index >= 15 is 0 Å². The fourth-order valence-corrected chi connectivity index (χ4v) is 2.32. The molecule has 2 atom stereocenters. The van der Waals surface area contributed by atoms with E-state index in [1.807, 2.05) is 11.8 Å². The molecule has 1 aromatic rings. The summed E-state index contributed by atoms with van der Waals surface area (Å²) in [6.07, 6.45) is 1.95. The molecule has 1 aliphatic rings. The molecule has 0 saturated carbocycles. The van der Waals surface area contributed by atoms with Gasteiger partial charge in [0.1, 0.15) is 11.4 Å². The van der Waals surface area contributed by atoms with Crippen molar-refractivity contribution in [3.63, 3.8) is 0 Å². The van der Waals surface area contributed by atoms with Gasteiger partial charge in [-0.3, -0.25) is 4.79 Å². The quantitative estimate of drug-likeness (QED) is 0.809. The highest BCUT2D eigenvalue weighted by Crippen LogP contribution is 2.20. The molecule has 6 nitrogen and oxygen atoms in total. The third-order valence-electron chi connectivity index (χ3n) is 3.69. The lowest BCUT2D eigenvalue weighted by molar-refractivity contribution is -0.135. The van der Waals surface area contributed by atoms with E-state index in [0.29, 0.717) is 45.0 Å². The molecule has 1 amide bonds. The molecule has 118 valence electrons. The molecule has 1 aromatic heterocycles. The average Bonchev–Trinajstić information content (AvgIpc) is 3.01. The van der Waals surface area contributed by atoms with Crippen LogP contribution in [-0.2, 0) is 15.1 Å². The molecule has 2 N–H and O–H groups in total. The van der Waals surface area contributed by atoms with E-state index in [0.717, 1.165) is 0 Å². The van der Waals surface area contributed by atoms with Crippen LogP contribution >= 0.6 is 0 Å². The molecule has 0 radical (unpaired) electrons. The molecule has 1 saturated heterocycles. The van der Waals surface area contributed by atoms with Crippen molar-refractivity contribution < 1.29 is 19.1 Å². The Kier molecular flexibility index (Phi) is 5.39. The number of morpholine rings is 1. The van der Waals surface area contributed by atoms with E-state index in [-0.39, 0.29) is 11.9 Å². The Hall–Kier alpha value is -1.37. The number of rotatable bonds is 6. The lowest BCUT2D eigenvalue weighted by Crippen LogP contribution is -2.45. The van der Waals surface area contributed by atoms with E-state index in [1.165, 1.54) is 6.26 Å². The van der Waals surface area contributed by atoms with Gasteiger partial charge in [0.05, 0.1) is 19.5 Å². The van der Waals surface area contributed by atoms with Gasteiger partial charge in [0, 0.05) is 32.1 Å². The second-order valence-corrected chi connectivity index (χ2v) is 5.73. The van der Waals surface area contributed by atoms with Crippen LogP contribution in [0.4, 0.5) is 0 Å². The summed E-state index contributed by atoms with van der Waals surface area (Å²) in [6.45, 7) is 6.51. The number of carbonyl (C=O) groups excluding carboxylic acids is 1. The van der Waals surface area contributed by atoms with Gasteiger partial charge < -0.3 is 24.5 Å². The van der Waals surface area contributed by atoms with Crippen LogP contribution in [0, 0.1) is 0 Å². The maximum Gasteiger partial charge on any atom is 0.224 e. The minimum absolute atomic E-state index is 0.0122. The molecule has 0 spiro atoms. The number of nitrogens with one attached hydrogen (secondary N) is 1. The van der Waals surface area contributed by atoms with Gasteiger partial charge in [-0.1, -0.05) is 0 Å². The molecule has 21 heavy (non-hydrogen) atoms. The topological polar surface area (TPSA) is 74.9 Å². The smallest absolute Gasteiger partial charge is 0.224 e. The fourth-order valence-electron chi connectivity index (χ4n) is 2.32. The second-order valence-electron chi connectivity index (χ2n) is 5.73. The van der Waals surface area contributed by atoms with Crippen LogP contribution in [0.15, 0.2) is 22.8 Å². The van der Waals surface area contributed by atoms with Gasteiger partial charge in [0.25, 0.3) is 0 Å². The van der Waals surface area contributed by atoms with Gasteiger partial charge in [0.15, 0.2) is 0 Å². The normalized spacial score (nSPS) is 20.0. The van der Waals surface area contributed by atoms with Crippen molar-refractivity contribution in [3.05, 3.63) is 24.2 Å². The van der Waals surface area contributed by atoms with E-state index < -0.39 is 5.60 Å². The summed E-state index contributed by atoms with van der Waals surface area (Å²) in [4.78, 5) is 13.9. The largest absolute Gasteiger partial charge is 0.466 e. The summed E-state index contributed by atoms with van der Waals surface area (Å²) in [7, 11) is 0. The van der Waals surface area contributed by atoms with Crippen molar-refractivity contribution in [2.24, 2.45) is 0 Å². The van der Waals surface area contributed by atoms with Gasteiger partial charge in [-0.25, -0.2) is 0 Å². The SMILES string of the molecule is CC(CC(=O)N1CCOCC1)NCC(C)(O)c1ccco1.